The predicted molar refractivity (Wildman–Crippen MR) is 114 cm³/mol. The molecule has 4 aromatic rings. The number of benzene rings is 4. The zero-order valence-electron chi connectivity index (χ0n) is 15.4. The molecular formula is C23H17N3O3. The van der Waals surface area contributed by atoms with Crippen molar-refractivity contribution in [1.82, 2.24) is 5.43 Å². The first kappa shape index (κ1) is 18.3. The van der Waals surface area contributed by atoms with Gasteiger partial charge < -0.3 is 0 Å². The van der Waals surface area contributed by atoms with Crippen molar-refractivity contribution in [2.75, 3.05) is 0 Å². The molecule has 6 heteroatoms. The summed E-state index contributed by atoms with van der Waals surface area (Å²) < 4.78 is 0. The van der Waals surface area contributed by atoms with Gasteiger partial charge in [-0.15, -0.1) is 0 Å². The maximum atomic E-state index is 12.2. The second kappa shape index (κ2) is 7.90. The highest BCUT2D eigenvalue weighted by molar-refractivity contribution is 6.13. The van der Waals surface area contributed by atoms with Gasteiger partial charge in [0.25, 0.3) is 5.69 Å². The molecule has 0 aromatic heterocycles. The molecule has 0 saturated heterocycles. The lowest BCUT2D eigenvalue weighted by molar-refractivity contribution is -0.384. The molecule has 0 bridgehead atoms. The number of fused-ring (bicyclic) bond motifs is 2. The van der Waals surface area contributed by atoms with E-state index in [0.717, 1.165) is 27.1 Å². The molecule has 0 aliphatic heterocycles. The molecule has 29 heavy (non-hydrogen) atoms. The topological polar surface area (TPSA) is 84.6 Å². The van der Waals surface area contributed by atoms with Gasteiger partial charge in [0.1, 0.15) is 0 Å². The van der Waals surface area contributed by atoms with Gasteiger partial charge in [-0.25, -0.2) is 5.43 Å². The van der Waals surface area contributed by atoms with Gasteiger partial charge in [-0.2, -0.15) is 5.10 Å². The smallest absolute Gasteiger partial charge is 0.269 e. The third-order valence-electron chi connectivity index (χ3n) is 4.71. The van der Waals surface area contributed by atoms with E-state index >= 15 is 0 Å². The lowest BCUT2D eigenvalue weighted by atomic mass is 9.97. The number of rotatable bonds is 5. The molecule has 0 aliphatic carbocycles. The van der Waals surface area contributed by atoms with E-state index in [4.69, 9.17) is 0 Å². The number of hydrazone groups is 1. The summed E-state index contributed by atoms with van der Waals surface area (Å²) in [5.41, 5.74) is 4.16. The summed E-state index contributed by atoms with van der Waals surface area (Å²) >= 11 is 0. The second-order valence-corrected chi connectivity index (χ2v) is 6.63. The minimum Gasteiger partial charge on any atom is -0.273 e. The number of carbonyl (C=O) groups is 1. The third-order valence-corrected chi connectivity index (χ3v) is 4.71. The Balaban J connectivity index is 1.55. The number of hydrogen-bond acceptors (Lipinski definition) is 4. The number of nitrogens with zero attached hydrogens (tertiary/aromatic N) is 2. The van der Waals surface area contributed by atoms with Crippen molar-refractivity contribution in [2.45, 2.75) is 6.42 Å². The number of amides is 1. The van der Waals surface area contributed by atoms with Crippen LogP contribution >= 0.6 is 0 Å². The molecule has 0 heterocycles. The normalized spacial score (nSPS) is 11.2. The van der Waals surface area contributed by atoms with Crippen LogP contribution in [0.5, 0.6) is 0 Å². The van der Waals surface area contributed by atoms with Crippen LogP contribution in [-0.2, 0) is 11.2 Å². The third kappa shape index (κ3) is 3.96. The lowest BCUT2D eigenvalue weighted by Crippen LogP contribution is -2.19. The first-order valence-electron chi connectivity index (χ1n) is 9.07. The van der Waals surface area contributed by atoms with Crippen LogP contribution < -0.4 is 5.43 Å². The molecule has 1 N–H and O–H groups in total. The van der Waals surface area contributed by atoms with E-state index in [0.29, 0.717) is 5.56 Å². The van der Waals surface area contributed by atoms with E-state index in [9.17, 15) is 14.9 Å². The Morgan fingerprint density at radius 1 is 0.931 bits per heavy atom. The minimum atomic E-state index is -0.470. The number of nitrogens with one attached hydrogen (secondary N) is 1. The van der Waals surface area contributed by atoms with Crippen molar-refractivity contribution in [1.29, 1.82) is 0 Å². The van der Waals surface area contributed by atoms with Gasteiger partial charge in [0.05, 0.1) is 17.6 Å². The first-order valence-corrected chi connectivity index (χ1v) is 9.07. The average molecular weight is 383 g/mol. The zero-order valence-corrected chi connectivity index (χ0v) is 15.4. The van der Waals surface area contributed by atoms with Crippen LogP contribution in [0.25, 0.3) is 21.5 Å². The zero-order chi connectivity index (χ0) is 20.2. The number of hydrogen-bond donors (Lipinski definition) is 1. The lowest BCUT2D eigenvalue weighted by Gasteiger charge is -2.08. The fourth-order valence-electron chi connectivity index (χ4n) is 3.32. The number of nitro groups is 1. The SMILES string of the molecule is O=C(Cc1ccc([N+](=O)[O-])cc1)N/N=C/c1c2ccccc2cc2ccccc12. The van der Waals surface area contributed by atoms with Crippen molar-refractivity contribution in [2.24, 2.45) is 5.10 Å². The van der Waals surface area contributed by atoms with E-state index in [1.165, 1.54) is 12.1 Å². The summed E-state index contributed by atoms with van der Waals surface area (Å²) in [7, 11) is 0. The molecule has 142 valence electrons. The Morgan fingerprint density at radius 3 is 2.10 bits per heavy atom. The molecule has 0 saturated carbocycles. The van der Waals surface area contributed by atoms with Crippen molar-refractivity contribution in [3.05, 3.63) is 100 Å². The standard InChI is InChI=1S/C23H17N3O3/c27-23(13-16-9-11-19(12-10-16)26(28)29)25-24-15-22-20-7-3-1-5-17(20)14-18-6-2-4-8-21(18)22/h1-12,14-15H,13H2,(H,25,27)/b24-15+. The fraction of sp³-hybridized carbons (Fsp3) is 0.0435. The van der Waals surface area contributed by atoms with Crippen LogP contribution in [0, 0.1) is 10.1 Å². The van der Waals surface area contributed by atoms with Crippen molar-refractivity contribution in [3.8, 4) is 0 Å². The maximum Gasteiger partial charge on any atom is 0.269 e. The highest BCUT2D eigenvalue weighted by Gasteiger charge is 2.08. The van der Waals surface area contributed by atoms with E-state index < -0.39 is 4.92 Å². The minimum absolute atomic E-state index is 0.00462. The molecular weight excluding hydrogens is 366 g/mol. The Bertz CT molecular complexity index is 1190. The van der Waals surface area contributed by atoms with Crippen molar-refractivity contribution in [3.63, 3.8) is 0 Å². The highest BCUT2D eigenvalue weighted by atomic mass is 16.6. The van der Waals surface area contributed by atoms with Gasteiger partial charge in [0.15, 0.2) is 0 Å². The summed E-state index contributed by atoms with van der Waals surface area (Å²) in [6.45, 7) is 0. The number of non-ortho nitro benzene ring substituents is 1. The highest BCUT2D eigenvalue weighted by Crippen LogP contribution is 2.27. The Hall–Kier alpha value is -4.06. The average Bonchev–Trinajstić information content (AvgIpc) is 2.73. The number of carbonyl (C=O) groups excluding carboxylic acids is 1. The van der Waals surface area contributed by atoms with Crippen molar-refractivity contribution >= 4 is 39.4 Å². The molecule has 0 fully saturated rings. The summed E-state index contributed by atoms with van der Waals surface area (Å²) in [5, 5.41) is 19.2. The molecule has 4 rings (SSSR count). The van der Waals surface area contributed by atoms with Crippen molar-refractivity contribution < 1.29 is 9.72 Å². The molecule has 1 amide bonds. The van der Waals surface area contributed by atoms with Crippen LogP contribution in [0.15, 0.2) is 84.0 Å². The van der Waals surface area contributed by atoms with E-state index in [-0.39, 0.29) is 18.0 Å². The molecule has 4 aromatic carbocycles. The molecule has 0 atom stereocenters. The first-order chi connectivity index (χ1) is 14.1. The van der Waals surface area contributed by atoms with E-state index in [1.807, 2.05) is 48.5 Å². The van der Waals surface area contributed by atoms with Crippen LogP contribution in [0.4, 0.5) is 5.69 Å². The van der Waals surface area contributed by atoms with Crippen LogP contribution in [0.1, 0.15) is 11.1 Å². The van der Waals surface area contributed by atoms with Gasteiger partial charge in [-0.1, -0.05) is 60.7 Å². The van der Waals surface area contributed by atoms with Crippen LogP contribution in [0.3, 0.4) is 0 Å². The summed E-state index contributed by atoms with van der Waals surface area (Å²) in [4.78, 5) is 22.4. The van der Waals surface area contributed by atoms with Gasteiger partial charge in [0, 0.05) is 17.7 Å². The summed E-state index contributed by atoms with van der Waals surface area (Å²) in [5.74, 6) is -0.292. The Morgan fingerprint density at radius 2 is 1.52 bits per heavy atom. The summed E-state index contributed by atoms with van der Waals surface area (Å²) in [6, 6.07) is 24.1. The molecule has 0 aliphatic rings. The summed E-state index contributed by atoms with van der Waals surface area (Å²) in [6.07, 6.45) is 1.75. The number of nitro benzene ring substituents is 1. The van der Waals surface area contributed by atoms with Gasteiger partial charge in [-0.3, -0.25) is 14.9 Å². The molecule has 0 unspecified atom stereocenters. The van der Waals surface area contributed by atoms with E-state index in [2.05, 4.69) is 16.6 Å². The molecule has 0 radical (unpaired) electrons. The van der Waals surface area contributed by atoms with Crippen LogP contribution in [0.2, 0.25) is 0 Å². The monoisotopic (exact) mass is 383 g/mol. The fourth-order valence-corrected chi connectivity index (χ4v) is 3.32. The predicted octanol–water partition coefficient (Wildman–Crippen LogP) is 4.59. The second-order valence-electron chi connectivity index (χ2n) is 6.63. The largest absolute Gasteiger partial charge is 0.273 e. The van der Waals surface area contributed by atoms with E-state index in [1.54, 1.807) is 18.3 Å². The van der Waals surface area contributed by atoms with Gasteiger partial charge in [0.2, 0.25) is 5.91 Å². The maximum absolute atomic E-state index is 12.2. The van der Waals surface area contributed by atoms with Gasteiger partial charge in [-0.05, 0) is 33.2 Å². The Labute approximate surface area is 166 Å². The molecule has 0 spiro atoms. The molecule has 6 nitrogen and oxygen atoms in total. The van der Waals surface area contributed by atoms with Crippen LogP contribution in [-0.4, -0.2) is 17.0 Å². The van der Waals surface area contributed by atoms with Gasteiger partial charge >= 0.3 is 0 Å². The Kier molecular flexibility index (Phi) is 4.99. The quantitative estimate of drug-likeness (QED) is 0.237.